The van der Waals surface area contributed by atoms with E-state index in [1.54, 1.807) is 16.8 Å². The Morgan fingerprint density at radius 1 is 1.42 bits per heavy atom. The smallest absolute Gasteiger partial charge is 0.217 e. The van der Waals surface area contributed by atoms with Crippen molar-refractivity contribution in [3.8, 4) is 0 Å². The Labute approximate surface area is 108 Å². The van der Waals surface area contributed by atoms with Gasteiger partial charge in [-0.2, -0.15) is 0 Å². The molecular weight excluding hydrogens is 247 g/mol. The maximum absolute atomic E-state index is 13.4. The highest BCUT2D eigenvalue weighted by Crippen LogP contribution is 2.27. The van der Waals surface area contributed by atoms with Crippen LogP contribution < -0.4 is 5.73 Å². The molecule has 98 valence electrons. The van der Waals surface area contributed by atoms with Crippen molar-refractivity contribution in [3.63, 3.8) is 0 Å². The molecule has 0 spiro atoms. The largest absolute Gasteiger partial charge is 0.444 e. The molecule has 0 radical (unpaired) electrons. The Morgan fingerprint density at radius 2 is 2.21 bits per heavy atom. The molecule has 3 rings (SSSR count). The lowest BCUT2D eigenvalue weighted by Gasteiger charge is -2.12. The first-order valence-electron chi connectivity index (χ1n) is 5.91. The number of halogens is 1. The average Bonchev–Trinajstić information content (AvgIpc) is 2.91. The van der Waals surface area contributed by atoms with Crippen LogP contribution in [0.2, 0.25) is 0 Å². The zero-order chi connectivity index (χ0) is 13.6. The summed E-state index contributed by atoms with van der Waals surface area (Å²) in [5.41, 5.74) is 7.18. The molecule has 0 saturated carbocycles. The van der Waals surface area contributed by atoms with Crippen LogP contribution in [0.3, 0.4) is 0 Å². The van der Waals surface area contributed by atoms with Crippen molar-refractivity contribution in [1.29, 1.82) is 0 Å². The summed E-state index contributed by atoms with van der Waals surface area (Å²) in [7, 11) is 0. The van der Waals surface area contributed by atoms with Gasteiger partial charge in [-0.3, -0.25) is 4.57 Å². The predicted molar refractivity (Wildman–Crippen MR) is 69.2 cm³/mol. The highest BCUT2D eigenvalue weighted by Gasteiger charge is 2.19. The van der Waals surface area contributed by atoms with E-state index in [-0.39, 0.29) is 11.9 Å². The van der Waals surface area contributed by atoms with E-state index in [4.69, 9.17) is 10.2 Å². The second-order valence-corrected chi connectivity index (χ2v) is 4.46. The Bertz CT molecular complexity index is 746. The van der Waals surface area contributed by atoms with E-state index in [0.29, 0.717) is 22.9 Å². The molecule has 3 aromatic rings. The Hall–Kier alpha value is -2.37. The van der Waals surface area contributed by atoms with Crippen molar-refractivity contribution in [3.05, 3.63) is 41.9 Å². The quantitative estimate of drug-likeness (QED) is 0.769. The number of aromatic nitrogens is 3. The zero-order valence-electron chi connectivity index (χ0n) is 10.6. The van der Waals surface area contributed by atoms with Crippen molar-refractivity contribution in [1.82, 2.24) is 14.5 Å². The molecule has 0 amide bonds. The molecule has 0 fully saturated rings. The van der Waals surface area contributed by atoms with Crippen LogP contribution in [0.15, 0.2) is 28.8 Å². The van der Waals surface area contributed by atoms with Crippen LogP contribution in [0.5, 0.6) is 0 Å². The summed E-state index contributed by atoms with van der Waals surface area (Å²) in [5, 5.41) is 0. The third-order valence-electron chi connectivity index (χ3n) is 3.06. The van der Waals surface area contributed by atoms with Gasteiger partial charge in [0.25, 0.3) is 0 Å². The Morgan fingerprint density at radius 3 is 2.89 bits per heavy atom. The fourth-order valence-corrected chi connectivity index (χ4v) is 2.17. The average molecular weight is 260 g/mol. The number of benzene rings is 1. The van der Waals surface area contributed by atoms with Crippen molar-refractivity contribution >= 4 is 17.0 Å². The summed E-state index contributed by atoms with van der Waals surface area (Å²) in [4.78, 5) is 8.39. The molecule has 2 aromatic heterocycles. The molecule has 0 bridgehead atoms. The van der Waals surface area contributed by atoms with Gasteiger partial charge < -0.3 is 10.2 Å². The van der Waals surface area contributed by atoms with E-state index in [9.17, 15) is 4.39 Å². The number of nitrogens with two attached hydrogens (primary N) is 1. The van der Waals surface area contributed by atoms with Crippen LogP contribution in [0, 0.1) is 12.7 Å². The number of nitrogen functional groups attached to an aromatic ring is 1. The minimum absolute atomic E-state index is 0.250. The molecule has 5 nitrogen and oxygen atoms in total. The molecule has 2 N–H and O–H groups in total. The standard InChI is InChI=1S/C13H13FN4O/c1-7-6-16-12(19-7)8(2)18-11-5-9(14)3-4-10(11)17-13(18)15/h3-6,8H,1-2H3,(H2,15,17). The highest BCUT2D eigenvalue weighted by atomic mass is 19.1. The molecule has 6 heteroatoms. The van der Waals surface area contributed by atoms with Gasteiger partial charge in [0.1, 0.15) is 17.6 Å². The first kappa shape index (κ1) is 11.7. The van der Waals surface area contributed by atoms with Gasteiger partial charge in [-0.05, 0) is 32.0 Å². The van der Waals surface area contributed by atoms with Gasteiger partial charge in [0.15, 0.2) is 0 Å². The van der Waals surface area contributed by atoms with Crippen LogP contribution >= 0.6 is 0 Å². The molecule has 19 heavy (non-hydrogen) atoms. The zero-order valence-corrected chi connectivity index (χ0v) is 10.6. The van der Waals surface area contributed by atoms with Gasteiger partial charge in [0.2, 0.25) is 11.8 Å². The fraction of sp³-hybridized carbons (Fsp3) is 0.231. The highest BCUT2D eigenvalue weighted by molar-refractivity contribution is 5.78. The normalized spacial score (nSPS) is 13.0. The van der Waals surface area contributed by atoms with Gasteiger partial charge in [-0.25, -0.2) is 14.4 Å². The molecule has 1 aromatic carbocycles. The van der Waals surface area contributed by atoms with Crippen LogP contribution in [-0.4, -0.2) is 14.5 Å². The van der Waals surface area contributed by atoms with Gasteiger partial charge in [0.05, 0.1) is 17.2 Å². The number of nitrogens with zero attached hydrogens (tertiary/aromatic N) is 3. The fourth-order valence-electron chi connectivity index (χ4n) is 2.17. The third kappa shape index (κ3) is 1.85. The Balaban J connectivity index is 2.18. The van der Waals surface area contributed by atoms with Crippen LogP contribution in [-0.2, 0) is 0 Å². The summed E-state index contributed by atoms with van der Waals surface area (Å²) in [6, 6.07) is 4.12. The number of anilines is 1. The minimum Gasteiger partial charge on any atom is -0.444 e. The van der Waals surface area contributed by atoms with Crippen molar-refractivity contribution in [2.45, 2.75) is 19.9 Å². The molecule has 1 atom stereocenters. The van der Waals surface area contributed by atoms with Crippen LogP contribution in [0.1, 0.15) is 24.6 Å². The summed E-state index contributed by atoms with van der Waals surface area (Å²) in [6.45, 7) is 3.70. The summed E-state index contributed by atoms with van der Waals surface area (Å²) in [5.74, 6) is 1.22. The molecule has 0 aliphatic heterocycles. The second-order valence-electron chi connectivity index (χ2n) is 4.46. The maximum Gasteiger partial charge on any atom is 0.217 e. The van der Waals surface area contributed by atoms with Crippen molar-refractivity contribution < 1.29 is 8.81 Å². The lowest BCUT2D eigenvalue weighted by atomic mass is 10.2. The third-order valence-corrected chi connectivity index (χ3v) is 3.06. The topological polar surface area (TPSA) is 69.9 Å². The molecular formula is C13H13FN4O. The molecule has 0 aliphatic rings. The lowest BCUT2D eigenvalue weighted by Crippen LogP contribution is -2.10. The molecule has 2 heterocycles. The number of fused-ring (bicyclic) bond motifs is 1. The van der Waals surface area contributed by atoms with Gasteiger partial charge >= 0.3 is 0 Å². The monoisotopic (exact) mass is 260 g/mol. The molecule has 1 unspecified atom stereocenters. The first-order chi connectivity index (χ1) is 9.06. The SMILES string of the molecule is Cc1cnc(C(C)n2c(N)nc3ccc(F)cc32)o1. The van der Waals surface area contributed by atoms with Gasteiger partial charge in [-0.1, -0.05) is 0 Å². The summed E-state index contributed by atoms with van der Waals surface area (Å²) in [6.07, 6.45) is 1.64. The first-order valence-corrected chi connectivity index (χ1v) is 5.91. The predicted octanol–water partition coefficient (Wildman–Crippen LogP) is 2.66. The van der Waals surface area contributed by atoms with E-state index < -0.39 is 0 Å². The summed E-state index contributed by atoms with van der Waals surface area (Å²) >= 11 is 0. The number of hydrogen-bond donors (Lipinski definition) is 1. The van der Waals surface area contributed by atoms with Crippen molar-refractivity contribution in [2.75, 3.05) is 5.73 Å². The molecule has 0 saturated heterocycles. The Kier molecular flexibility index (Phi) is 2.51. The second kappa shape index (κ2) is 4.08. The van der Waals surface area contributed by atoms with Crippen molar-refractivity contribution in [2.24, 2.45) is 0 Å². The van der Waals surface area contributed by atoms with E-state index in [0.717, 1.165) is 5.76 Å². The minimum atomic E-state index is -0.329. The van der Waals surface area contributed by atoms with E-state index >= 15 is 0 Å². The van der Waals surface area contributed by atoms with Gasteiger partial charge in [-0.15, -0.1) is 0 Å². The number of rotatable bonds is 2. The molecule has 0 aliphatic carbocycles. The number of hydrogen-bond acceptors (Lipinski definition) is 4. The van der Waals surface area contributed by atoms with Gasteiger partial charge in [0, 0.05) is 0 Å². The lowest BCUT2D eigenvalue weighted by molar-refractivity contribution is 0.421. The summed E-state index contributed by atoms with van der Waals surface area (Å²) < 4.78 is 20.6. The van der Waals surface area contributed by atoms with Crippen LogP contribution in [0.4, 0.5) is 10.3 Å². The van der Waals surface area contributed by atoms with E-state index in [1.807, 2.05) is 13.8 Å². The van der Waals surface area contributed by atoms with E-state index in [1.165, 1.54) is 12.1 Å². The van der Waals surface area contributed by atoms with Crippen LogP contribution in [0.25, 0.3) is 11.0 Å². The number of imidazole rings is 1. The number of aryl methyl sites for hydroxylation is 1. The maximum atomic E-state index is 13.4. The number of oxazole rings is 1. The van der Waals surface area contributed by atoms with E-state index in [2.05, 4.69) is 9.97 Å².